The van der Waals surface area contributed by atoms with Crippen molar-refractivity contribution >= 4 is 11.6 Å². The van der Waals surface area contributed by atoms with Gasteiger partial charge in [0.25, 0.3) is 5.91 Å². The van der Waals surface area contributed by atoms with Gasteiger partial charge in [0.2, 0.25) is 0 Å². The Morgan fingerprint density at radius 2 is 1.55 bits per heavy atom. The Morgan fingerprint density at radius 3 is 2.17 bits per heavy atom. The van der Waals surface area contributed by atoms with E-state index in [1.165, 1.54) is 96.7 Å². The van der Waals surface area contributed by atoms with Gasteiger partial charge in [0.15, 0.2) is 0 Å². The summed E-state index contributed by atoms with van der Waals surface area (Å²) in [7, 11) is 2.22. The van der Waals surface area contributed by atoms with Crippen molar-refractivity contribution < 1.29 is 4.79 Å². The minimum absolute atomic E-state index is 0.122. The maximum Gasteiger partial charge on any atom is 0.254 e. The van der Waals surface area contributed by atoms with E-state index in [1.807, 2.05) is 0 Å². The van der Waals surface area contributed by atoms with Crippen LogP contribution in [-0.4, -0.2) is 67.0 Å². The van der Waals surface area contributed by atoms with Gasteiger partial charge in [-0.3, -0.25) is 9.78 Å². The van der Waals surface area contributed by atoms with Gasteiger partial charge in [-0.2, -0.15) is 0 Å². The molecule has 0 unspecified atom stereocenters. The van der Waals surface area contributed by atoms with Crippen molar-refractivity contribution in [3.63, 3.8) is 0 Å². The maximum atomic E-state index is 12.0. The molecular weight excluding hydrogens is 362 g/mol. The minimum Gasteiger partial charge on any atom is -0.398 e. The average molecular weight is 404 g/mol. The second kappa shape index (κ2) is 14.3. The predicted molar refractivity (Wildman–Crippen MR) is 121 cm³/mol. The van der Waals surface area contributed by atoms with E-state index in [-0.39, 0.29) is 5.91 Å². The third-order valence-electron chi connectivity index (χ3n) is 5.88. The van der Waals surface area contributed by atoms with Crippen molar-refractivity contribution in [3.05, 3.63) is 24.0 Å². The van der Waals surface area contributed by atoms with Crippen LogP contribution in [0.5, 0.6) is 0 Å². The number of anilines is 1. The number of rotatable bonds is 14. The fourth-order valence-corrected chi connectivity index (χ4v) is 3.84. The van der Waals surface area contributed by atoms with Gasteiger partial charge in [0, 0.05) is 50.8 Å². The Morgan fingerprint density at radius 1 is 0.966 bits per heavy atom. The minimum atomic E-state index is -0.122. The lowest BCUT2D eigenvalue weighted by atomic mass is 10.1. The summed E-state index contributed by atoms with van der Waals surface area (Å²) in [6.45, 7) is 6.95. The lowest BCUT2D eigenvalue weighted by Gasteiger charge is -2.32. The Labute approximate surface area is 177 Å². The molecule has 0 saturated carbocycles. The van der Waals surface area contributed by atoms with Gasteiger partial charge in [0.05, 0.1) is 5.56 Å². The van der Waals surface area contributed by atoms with Crippen LogP contribution in [0.25, 0.3) is 0 Å². The van der Waals surface area contributed by atoms with Crippen LogP contribution in [0.15, 0.2) is 18.5 Å². The summed E-state index contributed by atoms with van der Waals surface area (Å²) in [5.41, 5.74) is 6.74. The molecule has 6 nitrogen and oxygen atoms in total. The molecule has 0 radical (unpaired) electrons. The molecule has 0 spiro atoms. The van der Waals surface area contributed by atoms with Crippen molar-refractivity contribution in [1.82, 2.24) is 20.1 Å². The van der Waals surface area contributed by atoms with Crippen LogP contribution in [0.3, 0.4) is 0 Å². The van der Waals surface area contributed by atoms with E-state index in [4.69, 9.17) is 5.73 Å². The number of aromatic nitrogens is 1. The van der Waals surface area contributed by atoms with Gasteiger partial charge in [-0.25, -0.2) is 0 Å². The van der Waals surface area contributed by atoms with E-state index < -0.39 is 0 Å². The molecule has 1 saturated heterocycles. The fraction of sp³-hybridized carbons (Fsp3) is 0.739. The van der Waals surface area contributed by atoms with Crippen LogP contribution in [-0.2, 0) is 0 Å². The van der Waals surface area contributed by atoms with E-state index >= 15 is 0 Å². The Balaban J connectivity index is 1.32. The van der Waals surface area contributed by atoms with Crippen LogP contribution in [0.4, 0.5) is 5.69 Å². The number of nitrogens with zero attached hydrogens (tertiary/aromatic N) is 3. The van der Waals surface area contributed by atoms with Crippen molar-refractivity contribution in [2.45, 2.75) is 64.2 Å². The van der Waals surface area contributed by atoms with E-state index in [9.17, 15) is 4.79 Å². The SMILES string of the molecule is CN1CCN(CCCCCCCCCCCCNC(=O)c2cnccc2N)CC1. The molecule has 3 N–H and O–H groups in total. The summed E-state index contributed by atoms with van der Waals surface area (Å²) in [4.78, 5) is 21.0. The molecule has 6 heteroatoms. The van der Waals surface area contributed by atoms with Gasteiger partial charge in [0.1, 0.15) is 0 Å². The van der Waals surface area contributed by atoms with E-state index in [0.717, 1.165) is 6.42 Å². The van der Waals surface area contributed by atoms with Gasteiger partial charge >= 0.3 is 0 Å². The Kier molecular flexibility index (Phi) is 11.7. The number of likely N-dealkylation sites (N-methyl/N-ethyl adjacent to an activating group) is 1. The second-order valence-electron chi connectivity index (χ2n) is 8.40. The first-order chi connectivity index (χ1) is 14.2. The Hall–Kier alpha value is -1.66. The first-order valence-electron chi connectivity index (χ1n) is 11.6. The number of amides is 1. The highest BCUT2D eigenvalue weighted by molar-refractivity contribution is 5.98. The molecule has 0 aromatic carbocycles. The third-order valence-corrected chi connectivity index (χ3v) is 5.88. The molecule has 1 aliphatic heterocycles. The third kappa shape index (κ3) is 10.1. The lowest BCUT2D eigenvalue weighted by molar-refractivity contribution is 0.0953. The molecule has 1 amide bonds. The highest BCUT2D eigenvalue weighted by Gasteiger charge is 2.12. The number of hydrogen-bond donors (Lipinski definition) is 2. The van der Waals surface area contributed by atoms with Crippen molar-refractivity contribution in [1.29, 1.82) is 0 Å². The summed E-state index contributed by atoms with van der Waals surface area (Å²) < 4.78 is 0. The summed E-state index contributed by atoms with van der Waals surface area (Å²) in [6, 6.07) is 1.66. The molecule has 0 bridgehead atoms. The zero-order chi connectivity index (χ0) is 20.7. The predicted octanol–water partition coefficient (Wildman–Crippen LogP) is 3.54. The lowest BCUT2D eigenvalue weighted by Crippen LogP contribution is -2.44. The van der Waals surface area contributed by atoms with Crippen LogP contribution < -0.4 is 11.1 Å². The molecular formula is C23H41N5O. The molecule has 0 atom stereocenters. The van der Waals surface area contributed by atoms with Gasteiger partial charge in [-0.15, -0.1) is 0 Å². The molecule has 29 heavy (non-hydrogen) atoms. The molecule has 1 aromatic rings. The topological polar surface area (TPSA) is 74.5 Å². The molecule has 2 heterocycles. The normalized spacial score (nSPS) is 15.5. The number of nitrogen functional groups attached to an aromatic ring is 1. The highest BCUT2D eigenvalue weighted by atomic mass is 16.1. The molecule has 1 fully saturated rings. The summed E-state index contributed by atoms with van der Waals surface area (Å²) >= 11 is 0. The molecule has 2 rings (SSSR count). The van der Waals surface area contributed by atoms with Gasteiger partial charge in [-0.05, 0) is 32.5 Å². The number of carbonyl (C=O) groups excluding carboxylic acids is 1. The molecule has 1 aromatic heterocycles. The maximum absolute atomic E-state index is 12.0. The standard InChI is InChI=1S/C23H41N5O/c1-27-16-18-28(19-17-27)15-11-9-7-5-3-2-4-6-8-10-13-26-23(29)21-20-25-14-12-22(21)24/h12,14,20H,2-11,13,15-19H2,1H3,(H2,24,25)(H,26,29). The zero-order valence-corrected chi connectivity index (χ0v) is 18.4. The quantitative estimate of drug-likeness (QED) is 0.465. The monoisotopic (exact) mass is 403 g/mol. The van der Waals surface area contributed by atoms with Crippen LogP contribution in [0.1, 0.15) is 74.6 Å². The average Bonchev–Trinajstić information content (AvgIpc) is 2.73. The van der Waals surface area contributed by atoms with Crippen molar-refractivity contribution in [3.8, 4) is 0 Å². The van der Waals surface area contributed by atoms with Gasteiger partial charge in [-0.1, -0.05) is 51.4 Å². The number of piperazine rings is 1. The first kappa shape index (κ1) is 23.6. The van der Waals surface area contributed by atoms with Crippen LogP contribution in [0, 0.1) is 0 Å². The number of pyridine rings is 1. The van der Waals surface area contributed by atoms with E-state index in [1.54, 1.807) is 12.3 Å². The zero-order valence-electron chi connectivity index (χ0n) is 18.4. The fourth-order valence-electron chi connectivity index (χ4n) is 3.84. The largest absolute Gasteiger partial charge is 0.398 e. The number of nitrogens with two attached hydrogens (primary N) is 1. The van der Waals surface area contributed by atoms with Crippen molar-refractivity contribution in [2.24, 2.45) is 0 Å². The summed E-state index contributed by atoms with van der Waals surface area (Å²) in [5.74, 6) is -0.122. The second-order valence-corrected chi connectivity index (χ2v) is 8.40. The van der Waals surface area contributed by atoms with Crippen molar-refractivity contribution in [2.75, 3.05) is 52.0 Å². The molecule has 164 valence electrons. The van der Waals surface area contributed by atoms with E-state index in [2.05, 4.69) is 27.1 Å². The summed E-state index contributed by atoms with van der Waals surface area (Å²) in [6.07, 6.45) is 16.1. The van der Waals surface area contributed by atoms with Gasteiger partial charge < -0.3 is 20.9 Å². The number of hydrogen-bond acceptors (Lipinski definition) is 5. The highest BCUT2D eigenvalue weighted by Crippen LogP contribution is 2.12. The summed E-state index contributed by atoms with van der Waals surface area (Å²) in [5, 5.41) is 2.93. The molecule has 0 aliphatic carbocycles. The Bertz CT molecular complexity index is 572. The van der Waals surface area contributed by atoms with E-state index in [0.29, 0.717) is 17.8 Å². The first-order valence-corrected chi connectivity index (χ1v) is 11.6. The van der Waals surface area contributed by atoms with Crippen LogP contribution >= 0.6 is 0 Å². The smallest absolute Gasteiger partial charge is 0.254 e. The van der Waals surface area contributed by atoms with Crippen LogP contribution in [0.2, 0.25) is 0 Å². The number of nitrogens with one attached hydrogen (secondary N) is 1. The number of carbonyl (C=O) groups is 1. The molecule has 1 aliphatic rings. The number of unbranched alkanes of at least 4 members (excludes halogenated alkanes) is 9.